The van der Waals surface area contributed by atoms with Crippen molar-refractivity contribution in [3.63, 3.8) is 0 Å². The molecule has 160 valence electrons. The normalized spacial score (nSPS) is 22.5. The van der Waals surface area contributed by atoms with Crippen LogP contribution in [0.2, 0.25) is 0 Å². The van der Waals surface area contributed by atoms with Gasteiger partial charge in [0.15, 0.2) is 0 Å². The fraction of sp³-hybridized carbons (Fsp3) is 0.545. The second kappa shape index (κ2) is 8.45. The number of aryl methyl sites for hydroxylation is 2. The monoisotopic (exact) mass is 411 g/mol. The molecule has 1 saturated heterocycles. The van der Waals surface area contributed by atoms with Gasteiger partial charge >= 0.3 is 0 Å². The Labute approximate surface area is 175 Å². The smallest absolute Gasteiger partial charge is 0.251 e. The Bertz CT molecular complexity index is 995. The SMILES string of the molecule is CCc1nccn1CCC(=O)N1C[C@H]2C[C@@H](C1)[C@H](CNC(C)=O)n1c2cccc1=O. The van der Waals surface area contributed by atoms with Gasteiger partial charge in [-0.2, -0.15) is 0 Å². The maximum absolute atomic E-state index is 13.0. The number of rotatable bonds is 6. The molecule has 8 heteroatoms. The molecule has 8 nitrogen and oxygen atoms in total. The zero-order valence-electron chi connectivity index (χ0n) is 17.6. The van der Waals surface area contributed by atoms with Crippen LogP contribution in [0.15, 0.2) is 35.4 Å². The van der Waals surface area contributed by atoms with E-state index >= 15 is 0 Å². The lowest BCUT2D eigenvalue weighted by molar-refractivity contribution is -0.134. The van der Waals surface area contributed by atoms with E-state index in [1.165, 1.54) is 6.92 Å². The molecule has 0 unspecified atom stereocenters. The summed E-state index contributed by atoms with van der Waals surface area (Å²) in [6, 6.07) is 5.21. The van der Waals surface area contributed by atoms with Gasteiger partial charge in [-0.1, -0.05) is 13.0 Å². The van der Waals surface area contributed by atoms with Crippen molar-refractivity contribution in [3.8, 4) is 0 Å². The molecule has 2 bridgehead atoms. The first-order valence-corrected chi connectivity index (χ1v) is 10.7. The van der Waals surface area contributed by atoms with Crippen LogP contribution in [0.3, 0.4) is 0 Å². The van der Waals surface area contributed by atoms with Gasteiger partial charge in [0.1, 0.15) is 5.82 Å². The highest BCUT2D eigenvalue weighted by atomic mass is 16.2. The first kappa shape index (κ1) is 20.4. The summed E-state index contributed by atoms with van der Waals surface area (Å²) in [7, 11) is 0. The van der Waals surface area contributed by atoms with Gasteiger partial charge in [0.2, 0.25) is 11.8 Å². The van der Waals surface area contributed by atoms with Gasteiger partial charge in [0.05, 0.1) is 6.04 Å². The lowest BCUT2D eigenvalue weighted by Crippen LogP contribution is -2.53. The van der Waals surface area contributed by atoms with E-state index in [-0.39, 0.29) is 35.3 Å². The highest BCUT2D eigenvalue weighted by Crippen LogP contribution is 2.40. The number of hydrogen-bond donors (Lipinski definition) is 1. The molecule has 4 heterocycles. The fourth-order valence-electron chi connectivity index (χ4n) is 4.99. The van der Waals surface area contributed by atoms with Crippen LogP contribution >= 0.6 is 0 Å². The van der Waals surface area contributed by atoms with E-state index in [4.69, 9.17) is 0 Å². The van der Waals surface area contributed by atoms with Crippen molar-refractivity contribution in [2.75, 3.05) is 19.6 Å². The molecule has 0 radical (unpaired) electrons. The van der Waals surface area contributed by atoms with E-state index in [1.807, 2.05) is 26.3 Å². The summed E-state index contributed by atoms with van der Waals surface area (Å²) >= 11 is 0. The number of nitrogens with one attached hydrogen (secondary N) is 1. The van der Waals surface area contributed by atoms with Crippen molar-refractivity contribution in [2.45, 2.75) is 51.6 Å². The molecule has 0 saturated carbocycles. The minimum Gasteiger partial charge on any atom is -0.354 e. The lowest BCUT2D eigenvalue weighted by Gasteiger charge is -2.47. The molecule has 2 aromatic rings. The molecule has 0 spiro atoms. The van der Waals surface area contributed by atoms with E-state index in [1.54, 1.807) is 18.3 Å². The first-order chi connectivity index (χ1) is 14.5. The van der Waals surface area contributed by atoms with E-state index in [0.717, 1.165) is 24.4 Å². The number of hydrogen-bond acceptors (Lipinski definition) is 4. The van der Waals surface area contributed by atoms with E-state index in [2.05, 4.69) is 17.2 Å². The lowest BCUT2D eigenvalue weighted by atomic mass is 9.78. The number of amides is 2. The molecule has 2 amide bonds. The largest absolute Gasteiger partial charge is 0.354 e. The third kappa shape index (κ3) is 3.91. The molecule has 1 fully saturated rings. The van der Waals surface area contributed by atoms with Gasteiger partial charge in [0, 0.05) is 76.0 Å². The van der Waals surface area contributed by atoms with Crippen LogP contribution in [0.1, 0.15) is 50.2 Å². The average Bonchev–Trinajstić information content (AvgIpc) is 3.19. The summed E-state index contributed by atoms with van der Waals surface area (Å²) in [5.74, 6) is 1.30. The fourth-order valence-corrected chi connectivity index (χ4v) is 4.99. The van der Waals surface area contributed by atoms with Crippen LogP contribution in [0.5, 0.6) is 0 Å². The van der Waals surface area contributed by atoms with Crippen molar-refractivity contribution < 1.29 is 9.59 Å². The number of aromatic nitrogens is 3. The predicted molar refractivity (Wildman–Crippen MR) is 112 cm³/mol. The quantitative estimate of drug-likeness (QED) is 0.776. The van der Waals surface area contributed by atoms with Crippen molar-refractivity contribution in [1.82, 2.24) is 24.3 Å². The zero-order chi connectivity index (χ0) is 21.3. The maximum atomic E-state index is 13.0. The number of carbonyl (C=O) groups excluding carboxylic acids is 2. The van der Waals surface area contributed by atoms with Gasteiger partial charge in [-0.25, -0.2) is 4.98 Å². The summed E-state index contributed by atoms with van der Waals surface area (Å²) in [6.07, 6.45) is 5.89. The van der Waals surface area contributed by atoms with Crippen LogP contribution in [0.25, 0.3) is 0 Å². The van der Waals surface area contributed by atoms with Crippen molar-refractivity contribution in [2.24, 2.45) is 5.92 Å². The molecule has 3 atom stereocenters. The molecular formula is C22H29N5O3. The average molecular weight is 412 g/mol. The summed E-state index contributed by atoms with van der Waals surface area (Å²) in [6.45, 7) is 5.82. The standard InChI is InChI=1S/C22H29N5O3/c1-3-20-23-8-10-25(20)9-7-21(29)26-13-16-11-17(14-26)19(12-24-15(2)28)27-18(16)5-4-6-22(27)30/h4-6,8,10,16-17,19H,3,7,9,11-14H2,1-2H3,(H,24,28)/t16-,17+,19+/m1/s1. The van der Waals surface area contributed by atoms with E-state index in [9.17, 15) is 14.4 Å². The van der Waals surface area contributed by atoms with Gasteiger partial charge in [-0.15, -0.1) is 0 Å². The second-order valence-electron chi connectivity index (χ2n) is 8.30. The van der Waals surface area contributed by atoms with Crippen molar-refractivity contribution >= 4 is 11.8 Å². The van der Waals surface area contributed by atoms with Crippen molar-refractivity contribution in [3.05, 3.63) is 52.5 Å². The maximum Gasteiger partial charge on any atom is 0.251 e. The minimum atomic E-state index is -0.134. The number of nitrogens with zero attached hydrogens (tertiary/aromatic N) is 4. The van der Waals surface area contributed by atoms with Gasteiger partial charge in [-0.05, 0) is 18.4 Å². The summed E-state index contributed by atoms with van der Waals surface area (Å²) in [5.41, 5.74) is 0.930. The Balaban J connectivity index is 1.52. The number of carbonyl (C=O) groups is 2. The Morgan fingerprint density at radius 2 is 2.10 bits per heavy atom. The summed E-state index contributed by atoms with van der Waals surface area (Å²) in [4.78, 5) is 43.4. The predicted octanol–water partition coefficient (Wildman–Crippen LogP) is 1.32. The molecular weight excluding hydrogens is 382 g/mol. The number of piperidine rings is 1. The van der Waals surface area contributed by atoms with Gasteiger partial charge in [-0.3, -0.25) is 14.4 Å². The third-order valence-electron chi connectivity index (χ3n) is 6.40. The number of likely N-dealkylation sites (tertiary alicyclic amines) is 1. The Hall–Kier alpha value is -2.90. The topological polar surface area (TPSA) is 89.2 Å². The van der Waals surface area contributed by atoms with E-state index < -0.39 is 0 Å². The number of fused-ring (bicyclic) bond motifs is 4. The first-order valence-electron chi connectivity index (χ1n) is 10.7. The van der Waals surface area contributed by atoms with E-state index in [0.29, 0.717) is 32.6 Å². The minimum absolute atomic E-state index is 0.0375. The molecule has 0 aliphatic carbocycles. The molecule has 2 aliphatic rings. The molecule has 0 aromatic carbocycles. The Morgan fingerprint density at radius 3 is 2.87 bits per heavy atom. The molecule has 1 N–H and O–H groups in total. The molecule has 2 aromatic heterocycles. The Kier molecular flexibility index (Phi) is 5.74. The highest BCUT2D eigenvalue weighted by Gasteiger charge is 2.41. The summed E-state index contributed by atoms with van der Waals surface area (Å²) < 4.78 is 3.88. The number of pyridine rings is 1. The zero-order valence-corrected chi connectivity index (χ0v) is 17.6. The Morgan fingerprint density at radius 1 is 1.27 bits per heavy atom. The van der Waals surface area contributed by atoms with Crippen LogP contribution in [-0.2, 0) is 22.6 Å². The van der Waals surface area contributed by atoms with Crippen LogP contribution in [0, 0.1) is 5.92 Å². The van der Waals surface area contributed by atoms with Crippen LogP contribution in [-0.4, -0.2) is 50.5 Å². The third-order valence-corrected chi connectivity index (χ3v) is 6.40. The second-order valence-corrected chi connectivity index (χ2v) is 8.30. The van der Waals surface area contributed by atoms with Gasteiger partial charge in [0.25, 0.3) is 5.56 Å². The number of imidazole rings is 1. The molecule has 30 heavy (non-hydrogen) atoms. The van der Waals surface area contributed by atoms with Crippen LogP contribution < -0.4 is 10.9 Å². The summed E-state index contributed by atoms with van der Waals surface area (Å²) in [5, 5.41) is 2.87. The molecule has 4 rings (SSSR count). The molecule has 2 aliphatic heterocycles. The van der Waals surface area contributed by atoms with Gasteiger partial charge < -0.3 is 19.4 Å². The van der Waals surface area contributed by atoms with Crippen LogP contribution in [0.4, 0.5) is 0 Å². The highest BCUT2D eigenvalue weighted by molar-refractivity contribution is 5.76. The van der Waals surface area contributed by atoms with Crippen molar-refractivity contribution in [1.29, 1.82) is 0 Å².